The molecule has 5 heteroatoms. The molecule has 0 fully saturated rings. The smallest absolute Gasteiger partial charge is 0.128 e. The number of fused-ring (bicyclic) bond motifs is 3. The van der Waals surface area contributed by atoms with Gasteiger partial charge >= 0.3 is 0 Å². The molecule has 3 aromatic heterocycles. The van der Waals surface area contributed by atoms with Gasteiger partial charge in [0.05, 0.1) is 13.7 Å². The molecule has 279 valence electrons. The number of pyridine rings is 2. The summed E-state index contributed by atoms with van der Waals surface area (Å²) in [6.07, 6.45) is 3.98. The van der Waals surface area contributed by atoms with Crippen molar-refractivity contribution in [1.82, 2.24) is 9.97 Å². The largest absolute Gasteiger partial charge is 0.500 e. The Balaban J connectivity index is 0.000000211. The summed E-state index contributed by atoms with van der Waals surface area (Å²) in [5, 5.41) is 3.67. The van der Waals surface area contributed by atoms with Crippen molar-refractivity contribution in [3.05, 3.63) is 163 Å². The van der Waals surface area contributed by atoms with Crippen LogP contribution in [0.5, 0.6) is 0 Å². The number of aryl methyl sites for hydroxylation is 1. The minimum Gasteiger partial charge on any atom is -0.500 e. The van der Waals surface area contributed by atoms with Crippen molar-refractivity contribution in [3.8, 4) is 44.8 Å². The zero-order chi connectivity index (χ0) is 38.0. The molecule has 0 atom stereocenters. The van der Waals surface area contributed by atoms with Gasteiger partial charge < -0.3 is 14.4 Å². The SMILES string of the molecule is CC(C)c1ccnc(-c2[c-]ccc3c2oc2c(-c4ccc(-c5ccccc5)cc4)cccc23)c1.Cc1ccc[c-]c1-c1cc(C(C)C)c([Si](C)(C)C)cn1.[Ir]. The van der Waals surface area contributed by atoms with Crippen LogP contribution in [0, 0.1) is 19.1 Å². The topological polar surface area (TPSA) is 38.9 Å². The van der Waals surface area contributed by atoms with Crippen LogP contribution >= 0.6 is 0 Å². The second kappa shape index (κ2) is 16.8. The molecule has 0 saturated carbocycles. The van der Waals surface area contributed by atoms with E-state index in [1.807, 2.05) is 30.5 Å². The summed E-state index contributed by atoms with van der Waals surface area (Å²) in [4.78, 5) is 9.36. The summed E-state index contributed by atoms with van der Waals surface area (Å²) in [6, 6.07) is 48.9. The van der Waals surface area contributed by atoms with Gasteiger partial charge in [0, 0.05) is 43.4 Å². The van der Waals surface area contributed by atoms with Crippen LogP contribution in [0.15, 0.2) is 138 Å². The first-order chi connectivity index (χ1) is 26.0. The van der Waals surface area contributed by atoms with Gasteiger partial charge in [0.15, 0.2) is 0 Å². The van der Waals surface area contributed by atoms with Gasteiger partial charge in [0.1, 0.15) is 5.58 Å². The second-order valence-corrected chi connectivity index (χ2v) is 20.8. The number of nitrogens with zero attached hydrogens (tertiary/aromatic N) is 2. The standard InChI is InChI=1S/C32H24NO.C18H24NSi.Ir/c1-21(2)25-18-19-33-30(20-25)29-13-7-12-28-27-11-6-10-26(31(27)34-32(28)29)24-16-14-23(15-17-24)22-8-4-3-5-9-22;1-13(2)16-11-17(15-10-8-7-9-14(15)3)19-12-18(16)20(4,5)6;/h3-12,14-21H,1-2H3;7-9,11-13H,1-6H3;/q2*-1;. The predicted octanol–water partition coefficient (Wildman–Crippen LogP) is 13.4. The van der Waals surface area contributed by atoms with Crippen LogP contribution in [0.4, 0.5) is 0 Å². The molecule has 8 rings (SSSR count). The Morgan fingerprint density at radius 1 is 0.600 bits per heavy atom. The van der Waals surface area contributed by atoms with Gasteiger partial charge in [-0.05, 0) is 51.2 Å². The Labute approximate surface area is 341 Å². The van der Waals surface area contributed by atoms with Gasteiger partial charge in [-0.1, -0.05) is 161 Å². The fraction of sp³-hybridized carbons (Fsp3) is 0.200. The van der Waals surface area contributed by atoms with E-state index < -0.39 is 8.07 Å². The zero-order valence-electron chi connectivity index (χ0n) is 33.0. The van der Waals surface area contributed by atoms with E-state index in [1.165, 1.54) is 33.0 Å². The minimum atomic E-state index is -1.35. The van der Waals surface area contributed by atoms with Crippen LogP contribution in [-0.2, 0) is 20.1 Å². The molecular formula is C50H48IrN2OSi-2. The van der Waals surface area contributed by atoms with E-state index >= 15 is 0 Å². The van der Waals surface area contributed by atoms with Crippen molar-refractivity contribution in [2.75, 3.05) is 0 Å². The fourth-order valence-electron chi connectivity index (χ4n) is 7.11. The average molecular weight is 913 g/mol. The van der Waals surface area contributed by atoms with E-state index in [2.05, 4.69) is 175 Å². The van der Waals surface area contributed by atoms with Gasteiger partial charge in [-0.2, -0.15) is 0 Å². The average Bonchev–Trinajstić information content (AvgIpc) is 3.57. The van der Waals surface area contributed by atoms with Crippen LogP contribution in [0.25, 0.3) is 66.7 Å². The molecule has 0 N–H and O–H groups in total. The van der Waals surface area contributed by atoms with Gasteiger partial charge in [0.2, 0.25) is 0 Å². The maximum atomic E-state index is 6.57. The molecule has 55 heavy (non-hydrogen) atoms. The Bertz CT molecular complexity index is 2550. The molecule has 8 aromatic rings. The Morgan fingerprint density at radius 2 is 1.27 bits per heavy atom. The first kappa shape index (κ1) is 39.8. The van der Waals surface area contributed by atoms with Crippen LogP contribution < -0.4 is 5.19 Å². The second-order valence-electron chi connectivity index (χ2n) is 15.7. The summed E-state index contributed by atoms with van der Waals surface area (Å²) >= 11 is 0. The van der Waals surface area contributed by atoms with Crippen molar-refractivity contribution in [3.63, 3.8) is 0 Å². The minimum absolute atomic E-state index is 0. The molecule has 3 nitrogen and oxygen atoms in total. The summed E-state index contributed by atoms with van der Waals surface area (Å²) in [5.74, 6) is 0.963. The van der Waals surface area contributed by atoms with Crippen LogP contribution in [-0.4, -0.2) is 18.0 Å². The molecule has 0 bridgehead atoms. The van der Waals surface area contributed by atoms with Gasteiger partial charge in [-0.25, -0.2) is 0 Å². The monoisotopic (exact) mass is 913 g/mol. The predicted molar refractivity (Wildman–Crippen MR) is 231 cm³/mol. The number of hydrogen-bond acceptors (Lipinski definition) is 3. The summed E-state index contributed by atoms with van der Waals surface area (Å²) in [7, 11) is -1.35. The van der Waals surface area contributed by atoms with Crippen molar-refractivity contribution >= 4 is 35.2 Å². The van der Waals surface area contributed by atoms with E-state index in [0.29, 0.717) is 11.8 Å². The van der Waals surface area contributed by atoms with Crippen molar-refractivity contribution in [2.45, 2.75) is 66.1 Å². The van der Waals surface area contributed by atoms with Crippen LogP contribution in [0.1, 0.15) is 56.2 Å². The van der Waals surface area contributed by atoms with Crippen LogP contribution in [0.2, 0.25) is 19.6 Å². The molecular weight excluding hydrogens is 865 g/mol. The summed E-state index contributed by atoms with van der Waals surface area (Å²) < 4.78 is 6.57. The fourth-order valence-corrected chi connectivity index (χ4v) is 8.78. The molecule has 1 radical (unpaired) electrons. The van der Waals surface area contributed by atoms with Crippen molar-refractivity contribution in [2.24, 2.45) is 0 Å². The third-order valence-electron chi connectivity index (χ3n) is 10.2. The normalized spacial score (nSPS) is 11.5. The van der Waals surface area contributed by atoms with E-state index in [-0.39, 0.29) is 20.1 Å². The maximum absolute atomic E-state index is 6.57. The van der Waals surface area contributed by atoms with Gasteiger partial charge in [-0.3, -0.25) is 0 Å². The molecule has 5 aromatic carbocycles. The number of para-hydroxylation sites is 1. The van der Waals surface area contributed by atoms with Crippen molar-refractivity contribution < 1.29 is 24.5 Å². The van der Waals surface area contributed by atoms with E-state index in [0.717, 1.165) is 55.6 Å². The molecule has 3 heterocycles. The number of furan rings is 1. The molecule has 0 aliphatic rings. The molecule has 0 amide bonds. The van der Waals surface area contributed by atoms with Gasteiger partial charge in [0.25, 0.3) is 0 Å². The molecule has 0 saturated heterocycles. The molecule has 0 unspecified atom stereocenters. The Morgan fingerprint density at radius 3 is 1.96 bits per heavy atom. The maximum Gasteiger partial charge on any atom is 0.128 e. The first-order valence-electron chi connectivity index (χ1n) is 19.0. The van der Waals surface area contributed by atoms with Gasteiger partial charge in [-0.15, -0.1) is 53.6 Å². The van der Waals surface area contributed by atoms with E-state index in [1.54, 1.807) is 0 Å². The number of aromatic nitrogens is 2. The van der Waals surface area contributed by atoms with E-state index in [9.17, 15) is 0 Å². The number of benzene rings is 5. The van der Waals surface area contributed by atoms with Crippen molar-refractivity contribution in [1.29, 1.82) is 0 Å². The third kappa shape index (κ3) is 8.50. The zero-order valence-corrected chi connectivity index (χ0v) is 36.4. The Kier molecular flexibility index (Phi) is 12.2. The Hall–Kier alpha value is -4.93. The third-order valence-corrected chi connectivity index (χ3v) is 12.2. The first-order valence-corrected chi connectivity index (χ1v) is 22.5. The molecule has 0 aliphatic heterocycles. The number of hydrogen-bond donors (Lipinski definition) is 0. The number of rotatable bonds is 7. The molecule has 0 aliphatic carbocycles. The summed E-state index contributed by atoms with van der Waals surface area (Å²) in [6.45, 7) is 18.2. The molecule has 0 spiro atoms. The summed E-state index contributed by atoms with van der Waals surface area (Å²) in [5.41, 5.74) is 14.3. The quantitative estimate of drug-likeness (QED) is 0.118. The van der Waals surface area contributed by atoms with E-state index in [4.69, 9.17) is 9.40 Å². The van der Waals surface area contributed by atoms with Crippen LogP contribution in [0.3, 0.4) is 0 Å².